The zero-order valence-corrected chi connectivity index (χ0v) is 11.4. The van der Waals surface area contributed by atoms with Crippen molar-refractivity contribution >= 4 is 29.0 Å². The fourth-order valence-corrected chi connectivity index (χ4v) is 1.83. The van der Waals surface area contributed by atoms with Gasteiger partial charge in [-0.25, -0.2) is 4.98 Å². The molecule has 0 aliphatic heterocycles. The molecule has 0 atom stereocenters. The number of hydrogen-bond donors (Lipinski definition) is 1. The second-order valence-electron chi connectivity index (χ2n) is 4.09. The average Bonchev–Trinajstić information content (AvgIpc) is 2.48. The van der Waals surface area contributed by atoms with Gasteiger partial charge < -0.3 is 10.6 Å². The molecule has 100 valence electrons. The number of nitrogens with two attached hydrogens (primary N) is 1. The van der Waals surface area contributed by atoms with E-state index >= 15 is 0 Å². The van der Waals surface area contributed by atoms with Crippen LogP contribution < -0.4 is 10.6 Å². The van der Waals surface area contributed by atoms with Crippen LogP contribution in [0.1, 0.15) is 16.1 Å². The maximum absolute atomic E-state index is 12.3. The van der Waals surface area contributed by atoms with Crippen molar-refractivity contribution in [3.63, 3.8) is 0 Å². The highest BCUT2D eigenvalue weighted by atomic mass is 35.5. The van der Waals surface area contributed by atoms with Gasteiger partial charge in [-0.05, 0) is 36.4 Å². The van der Waals surface area contributed by atoms with E-state index in [2.05, 4.69) is 4.98 Å². The number of nitrogens with zero attached hydrogens (tertiary/aromatic N) is 3. The maximum atomic E-state index is 12.3. The molecule has 5 nitrogen and oxygen atoms in total. The molecule has 0 saturated carbocycles. The summed E-state index contributed by atoms with van der Waals surface area (Å²) < 4.78 is 0. The number of amides is 1. The molecule has 2 N–H and O–H groups in total. The summed E-state index contributed by atoms with van der Waals surface area (Å²) in [6.45, 7) is 0. The molecule has 0 radical (unpaired) electrons. The first kappa shape index (κ1) is 13.8. The van der Waals surface area contributed by atoms with Gasteiger partial charge in [0.2, 0.25) is 0 Å². The summed E-state index contributed by atoms with van der Waals surface area (Å²) in [7, 11) is 1.60. The number of halogens is 1. The second kappa shape index (κ2) is 5.59. The smallest absolute Gasteiger partial charge is 0.278 e. The van der Waals surface area contributed by atoms with Crippen molar-refractivity contribution in [1.29, 1.82) is 5.26 Å². The number of rotatable bonds is 2. The quantitative estimate of drug-likeness (QED) is 0.919. The fraction of sp³-hybridized carbons (Fsp3) is 0.0714. The third-order valence-electron chi connectivity index (χ3n) is 2.76. The first-order chi connectivity index (χ1) is 9.52. The molecule has 2 rings (SSSR count). The first-order valence-corrected chi connectivity index (χ1v) is 6.11. The largest absolute Gasteiger partial charge is 0.384 e. The van der Waals surface area contributed by atoms with Crippen molar-refractivity contribution in [3.05, 3.63) is 52.7 Å². The summed E-state index contributed by atoms with van der Waals surface area (Å²) in [5.41, 5.74) is 6.82. The zero-order valence-electron chi connectivity index (χ0n) is 10.7. The minimum atomic E-state index is -0.369. The van der Waals surface area contributed by atoms with Crippen LogP contribution in [0, 0.1) is 11.3 Å². The van der Waals surface area contributed by atoms with Crippen molar-refractivity contribution in [2.24, 2.45) is 0 Å². The Morgan fingerprint density at radius 2 is 1.95 bits per heavy atom. The van der Waals surface area contributed by atoms with Gasteiger partial charge in [-0.2, -0.15) is 5.26 Å². The molecular weight excluding hydrogens is 276 g/mol. The highest BCUT2D eigenvalue weighted by Gasteiger charge is 2.18. The van der Waals surface area contributed by atoms with E-state index < -0.39 is 0 Å². The fourth-order valence-electron chi connectivity index (χ4n) is 1.64. The minimum Gasteiger partial charge on any atom is -0.384 e. The Labute approximate surface area is 121 Å². The summed E-state index contributed by atoms with van der Waals surface area (Å²) in [5.74, 6) is -0.141. The van der Waals surface area contributed by atoms with Crippen molar-refractivity contribution in [2.75, 3.05) is 17.7 Å². The van der Waals surface area contributed by atoms with Crippen LogP contribution in [-0.2, 0) is 0 Å². The van der Waals surface area contributed by atoms with Crippen LogP contribution in [0.3, 0.4) is 0 Å². The molecule has 0 fully saturated rings. The van der Waals surface area contributed by atoms with Gasteiger partial charge in [0.15, 0.2) is 0 Å². The van der Waals surface area contributed by atoms with Crippen LogP contribution in [0.25, 0.3) is 0 Å². The van der Waals surface area contributed by atoms with Gasteiger partial charge in [0.25, 0.3) is 5.91 Å². The standard InChI is InChI=1S/C14H11ClN4O/c1-19(10-4-2-9(8-16)3-5-10)14(20)13-11(15)6-7-12(17)18-13/h2-7H,1H3,(H2,17,18). The van der Waals surface area contributed by atoms with Gasteiger partial charge in [0.1, 0.15) is 11.5 Å². The van der Waals surface area contributed by atoms with Crippen LogP contribution in [0.4, 0.5) is 11.5 Å². The zero-order chi connectivity index (χ0) is 14.7. The third-order valence-corrected chi connectivity index (χ3v) is 3.06. The summed E-state index contributed by atoms with van der Waals surface area (Å²) in [6.07, 6.45) is 0. The van der Waals surface area contributed by atoms with Crippen molar-refractivity contribution in [2.45, 2.75) is 0 Å². The predicted molar refractivity (Wildman–Crippen MR) is 77.5 cm³/mol. The van der Waals surface area contributed by atoms with Crippen molar-refractivity contribution in [3.8, 4) is 6.07 Å². The first-order valence-electron chi connectivity index (χ1n) is 5.73. The molecule has 1 heterocycles. The van der Waals surface area contributed by atoms with Crippen molar-refractivity contribution in [1.82, 2.24) is 4.98 Å². The molecule has 0 bridgehead atoms. The molecule has 0 unspecified atom stereocenters. The highest BCUT2D eigenvalue weighted by molar-refractivity contribution is 6.34. The Bertz CT molecular complexity index is 691. The van der Waals surface area contributed by atoms with Crippen LogP contribution in [0.5, 0.6) is 0 Å². The molecule has 0 saturated heterocycles. The number of pyridine rings is 1. The van der Waals surface area contributed by atoms with Crippen LogP contribution in [0.2, 0.25) is 5.02 Å². The predicted octanol–water partition coefficient (Wildman–Crippen LogP) is 2.47. The average molecular weight is 287 g/mol. The van der Waals surface area contributed by atoms with Crippen molar-refractivity contribution < 1.29 is 4.79 Å². The van der Waals surface area contributed by atoms with E-state index in [9.17, 15) is 4.79 Å². The molecular formula is C14H11ClN4O. The number of benzene rings is 1. The summed E-state index contributed by atoms with van der Waals surface area (Å²) >= 11 is 5.96. The number of aromatic nitrogens is 1. The lowest BCUT2D eigenvalue weighted by Crippen LogP contribution is -2.27. The number of nitriles is 1. The van der Waals surface area contributed by atoms with E-state index in [1.807, 2.05) is 6.07 Å². The lowest BCUT2D eigenvalue weighted by atomic mass is 10.2. The molecule has 1 aromatic heterocycles. The number of anilines is 2. The third kappa shape index (κ3) is 2.71. The van der Waals surface area contributed by atoms with E-state index in [0.717, 1.165) is 0 Å². The van der Waals surface area contributed by atoms with E-state index in [4.69, 9.17) is 22.6 Å². The topological polar surface area (TPSA) is 83.0 Å². The Morgan fingerprint density at radius 3 is 2.55 bits per heavy atom. The Balaban J connectivity index is 2.32. The van der Waals surface area contributed by atoms with Gasteiger partial charge in [0.05, 0.1) is 16.7 Å². The Hall–Kier alpha value is -2.58. The monoisotopic (exact) mass is 286 g/mol. The van der Waals surface area contributed by atoms with E-state index in [0.29, 0.717) is 11.3 Å². The van der Waals surface area contributed by atoms with E-state index in [1.165, 1.54) is 17.0 Å². The van der Waals surface area contributed by atoms with E-state index in [1.54, 1.807) is 31.3 Å². The van der Waals surface area contributed by atoms with Crippen LogP contribution >= 0.6 is 11.6 Å². The lowest BCUT2D eigenvalue weighted by Gasteiger charge is -2.17. The molecule has 0 spiro atoms. The molecule has 0 aliphatic rings. The number of carbonyl (C=O) groups excluding carboxylic acids is 1. The van der Waals surface area contributed by atoms with Gasteiger partial charge in [-0.1, -0.05) is 11.6 Å². The molecule has 2 aromatic rings. The highest BCUT2D eigenvalue weighted by Crippen LogP contribution is 2.20. The Morgan fingerprint density at radius 1 is 1.30 bits per heavy atom. The number of nitrogen functional groups attached to an aromatic ring is 1. The maximum Gasteiger partial charge on any atom is 0.278 e. The lowest BCUT2D eigenvalue weighted by molar-refractivity contribution is 0.0988. The molecule has 1 amide bonds. The molecule has 1 aromatic carbocycles. The Kier molecular flexibility index (Phi) is 3.87. The van der Waals surface area contributed by atoms with Gasteiger partial charge in [-0.15, -0.1) is 0 Å². The van der Waals surface area contributed by atoms with Gasteiger partial charge >= 0.3 is 0 Å². The SMILES string of the molecule is CN(C(=O)c1nc(N)ccc1Cl)c1ccc(C#N)cc1. The van der Waals surface area contributed by atoms with Crippen LogP contribution in [-0.4, -0.2) is 17.9 Å². The van der Waals surface area contributed by atoms with Gasteiger partial charge in [-0.3, -0.25) is 4.79 Å². The summed E-state index contributed by atoms with van der Waals surface area (Å²) in [5, 5.41) is 8.99. The number of hydrogen-bond acceptors (Lipinski definition) is 4. The van der Waals surface area contributed by atoms with Gasteiger partial charge in [0, 0.05) is 12.7 Å². The summed E-state index contributed by atoms with van der Waals surface area (Å²) in [4.78, 5) is 17.7. The van der Waals surface area contributed by atoms with E-state index in [-0.39, 0.29) is 22.4 Å². The molecule has 20 heavy (non-hydrogen) atoms. The minimum absolute atomic E-state index is 0.0959. The second-order valence-corrected chi connectivity index (χ2v) is 4.50. The summed E-state index contributed by atoms with van der Waals surface area (Å²) in [6, 6.07) is 11.7. The molecule has 6 heteroatoms. The molecule has 0 aliphatic carbocycles. The number of carbonyl (C=O) groups is 1. The van der Waals surface area contributed by atoms with Crippen LogP contribution in [0.15, 0.2) is 36.4 Å². The normalized spacial score (nSPS) is 9.85.